The van der Waals surface area contributed by atoms with E-state index in [2.05, 4.69) is 20.8 Å². The summed E-state index contributed by atoms with van der Waals surface area (Å²) in [6.07, 6.45) is -6.07. The zero-order chi connectivity index (χ0) is 21.8. The van der Waals surface area contributed by atoms with Crippen molar-refractivity contribution < 1.29 is 63.5 Å². The predicted octanol–water partition coefficient (Wildman–Crippen LogP) is 0.994. The van der Waals surface area contributed by atoms with Crippen molar-refractivity contribution in [1.82, 2.24) is 0 Å². The van der Waals surface area contributed by atoms with Crippen LogP contribution in [0.3, 0.4) is 0 Å². The minimum atomic E-state index is -6.26. The van der Waals surface area contributed by atoms with Gasteiger partial charge in [-0.3, -0.25) is 9.35 Å². The lowest BCUT2D eigenvalue weighted by molar-refractivity contribution is -0.359. The topological polar surface area (TPSA) is 133 Å². The second-order valence-corrected chi connectivity index (χ2v) is 6.51. The van der Waals surface area contributed by atoms with E-state index >= 15 is 0 Å². The van der Waals surface area contributed by atoms with Gasteiger partial charge in [0.25, 0.3) is 0 Å². The quantitative estimate of drug-likeness (QED) is 0.188. The molecule has 0 bridgehead atoms. The Balaban J connectivity index is 6.14. The van der Waals surface area contributed by atoms with Crippen LogP contribution < -0.4 is 0 Å². The number of Topliss-reactive ketones (excluding diaryl/α,β-unsaturated/α-hetero) is 1. The average Bonchev–Trinajstić information content (AvgIpc) is 2.46. The maximum Gasteiger partial charge on any atom is 0.468 e. The number of hydrogen-bond acceptors (Lipinski definition) is 8. The minimum absolute atomic E-state index is 0.729. The fourth-order valence-electron chi connectivity index (χ4n) is 1.13. The third-order valence-electron chi connectivity index (χ3n) is 2.45. The number of esters is 2. The van der Waals surface area contributed by atoms with Crippen LogP contribution in [0.1, 0.15) is 13.8 Å². The molecule has 27 heavy (non-hydrogen) atoms. The molecule has 1 N–H and O–H groups in total. The van der Waals surface area contributed by atoms with Crippen LogP contribution >= 0.6 is 0 Å². The average molecular weight is 428 g/mol. The summed E-state index contributed by atoms with van der Waals surface area (Å²) >= 11 is 0. The van der Waals surface area contributed by atoms with Gasteiger partial charge in [0.05, 0.1) is 0 Å². The number of carbonyl (C=O) groups is 3. The van der Waals surface area contributed by atoms with E-state index in [1.165, 1.54) is 0 Å². The first-order chi connectivity index (χ1) is 11.9. The minimum Gasteiger partial charge on any atom is -0.453 e. The Morgan fingerprint density at radius 1 is 1.07 bits per heavy atom. The van der Waals surface area contributed by atoms with Gasteiger partial charge in [-0.05, 0) is 13.8 Å². The smallest absolute Gasteiger partial charge is 0.453 e. The zero-order valence-corrected chi connectivity index (χ0v) is 14.4. The standard InChI is InChI=1S/C12H13F5O9S/c1-6(2)8(19)26-11(12(15,16)17,9(20)24-4-7(3)18)25-5-10(13,14)27(21,22)23/h1,4-5H2,2-3H3,(H,21,22,23). The Labute approximate surface area is 148 Å². The highest BCUT2D eigenvalue weighted by molar-refractivity contribution is 7.86. The highest BCUT2D eigenvalue weighted by atomic mass is 32.2. The fraction of sp³-hybridized carbons (Fsp3) is 0.583. The fourth-order valence-corrected chi connectivity index (χ4v) is 1.33. The molecule has 15 heteroatoms. The first-order valence-corrected chi connectivity index (χ1v) is 7.92. The highest BCUT2D eigenvalue weighted by Gasteiger charge is 2.69. The summed E-state index contributed by atoms with van der Waals surface area (Å²) in [6.45, 7) is 0.495. The van der Waals surface area contributed by atoms with Crippen molar-refractivity contribution in [2.24, 2.45) is 0 Å². The van der Waals surface area contributed by atoms with Gasteiger partial charge in [-0.15, -0.1) is 0 Å². The molecule has 1 atom stereocenters. The van der Waals surface area contributed by atoms with Crippen molar-refractivity contribution in [3.8, 4) is 0 Å². The van der Waals surface area contributed by atoms with Gasteiger partial charge >= 0.3 is 39.3 Å². The summed E-state index contributed by atoms with van der Waals surface area (Å²) in [7, 11) is -6.26. The summed E-state index contributed by atoms with van der Waals surface area (Å²) in [4.78, 5) is 33.9. The predicted molar refractivity (Wildman–Crippen MR) is 73.8 cm³/mol. The molecule has 9 nitrogen and oxygen atoms in total. The van der Waals surface area contributed by atoms with Crippen LogP contribution in [-0.2, 0) is 38.7 Å². The molecule has 0 saturated carbocycles. The largest absolute Gasteiger partial charge is 0.468 e. The lowest BCUT2D eigenvalue weighted by atomic mass is 10.2. The number of carbonyl (C=O) groups excluding carboxylic acids is 3. The molecule has 0 spiro atoms. The summed E-state index contributed by atoms with van der Waals surface area (Å²) in [5.74, 6) is -10.4. The second-order valence-electron chi connectivity index (χ2n) is 4.96. The van der Waals surface area contributed by atoms with Gasteiger partial charge in [-0.1, -0.05) is 6.58 Å². The molecule has 0 aliphatic heterocycles. The molecule has 0 amide bonds. The molecule has 1 unspecified atom stereocenters. The Morgan fingerprint density at radius 3 is 1.89 bits per heavy atom. The molecule has 156 valence electrons. The van der Waals surface area contributed by atoms with Crippen LogP contribution in [0.4, 0.5) is 22.0 Å². The first-order valence-electron chi connectivity index (χ1n) is 6.48. The van der Waals surface area contributed by atoms with Crippen molar-refractivity contribution in [2.45, 2.75) is 31.1 Å². The van der Waals surface area contributed by atoms with Gasteiger partial charge in [0.1, 0.15) is 13.2 Å². The van der Waals surface area contributed by atoms with E-state index in [9.17, 15) is 44.8 Å². The van der Waals surface area contributed by atoms with Gasteiger partial charge < -0.3 is 14.2 Å². The van der Waals surface area contributed by atoms with Crippen molar-refractivity contribution in [2.75, 3.05) is 13.2 Å². The maximum atomic E-state index is 13.4. The number of halogens is 5. The maximum absolute atomic E-state index is 13.4. The van der Waals surface area contributed by atoms with Crippen molar-refractivity contribution in [1.29, 1.82) is 0 Å². The van der Waals surface area contributed by atoms with Crippen molar-refractivity contribution in [3.63, 3.8) is 0 Å². The molecule has 0 aromatic rings. The van der Waals surface area contributed by atoms with Gasteiger partial charge in [-0.2, -0.15) is 30.4 Å². The van der Waals surface area contributed by atoms with E-state index in [0.29, 0.717) is 0 Å². The van der Waals surface area contributed by atoms with Crippen LogP contribution in [-0.4, -0.2) is 61.1 Å². The van der Waals surface area contributed by atoms with Crippen molar-refractivity contribution >= 4 is 27.8 Å². The summed E-state index contributed by atoms with van der Waals surface area (Å²) in [5, 5.41) is -5.32. The van der Waals surface area contributed by atoms with Gasteiger partial charge in [0.2, 0.25) is 0 Å². The Morgan fingerprint density at radius 2 is 1.56 bits per heavy atom. The summed E-state index contributed by atoms with van der Waals surface area (Å²) < 4.78 is 107. The lowest BCUT2D eigenvalue weighted by Gasteiger charge is -2.32. The highest BCUT2D eigenvalue weighted by Crippen LogP contribution is 2.38. The van der Waals surface area contributed by atoms with Gasteiger partial charge in [-0.25, -0.2) is 9.59 Å². The molecule has 0 aliphatic carbocycles. The monoisotopic (exact) mass is 428 g/mol. The van der Waals surface area contributed by atoms with E-state index in [1.807, 2.05) is 0 Å². The van der Waals surface area contributed by atoms with E-state index in [1.54, 1.807) is 0 Å². The van der Waals surface area contributed by atoms with Crippen LogP contribution in [0.25, 0.3) is 0 Å². The Kier molecular flexibility index (Phi) is 7.61. The Hall–Kier alpha value is -2.13. The van der Waals surface area contributed by atoms with E-state index in [4.69, 9.17) is 4.55 Å². The zero-order valence-electron chi connectivity index (χ0n) is 13.6. The molecule has 0 saturated heterocycles. The molecular formula is C12H13F5O9S. The van der Waals surface area contributed by atoms with E-state index < -0.39 is 63.8 Å². The summed E-state index contributed by atoms with van der Waals surface area (Å²) in [5.41, 5.74) is -0.729. The SMILES string of the molecule is C=C(C)C(=O)OC(OCC(F)(F)S(=O)(=O)O)(C(=O)OCC(C)=O)C(F)(F)F. The molecular weight excluding hydrogens is 415 g/mol. The van der Waals surface area contributed by atoms with Crippen molar-refractivity contribution in [3.05, 3.63) is 12.2 Å². The number of ketones is 1. The normalized spacial score (nSPS) is 14.8. The molecule has 0 fully saturated rings. The third-order valence-corrected chi connectivity index (χ3v) is 3.33. The van der Waals surface area contributed by atoms with Gasteiger partial charge in [0.15, 0.2) is 5.78 Å². The first kappa shape index (κ1) is 24.9. The molecule has 0 radical (unpaired) electrons. The van der Waals surface area contributed by atoms with Crippen LogP contribution in [0.2, 0.25) is 0 Å². The molecule has 0 aliphatic rings. The lowest BCUT2D eigenvalue weighted by Crippen LogP contribution is -2.60. The number of alkyl halides is 5. The molecule has 0 rings (SSSR count). The number of ether oxygens (including phenoxy) is 3. The molecule has 0 aromatic carbocycles. The number of hydrogen-bond donors (Lipinski definition) is 1. The second kappa shape index (κ2) is 8.26. The van der Waals surface area contributed by atoms with Crippen LogP contribution in [0.15, 0.2) is 12.2 Å². The van der Waals surface area contributed by atoms with Crippen LogP contribution in [0, 0.1) is 0 Å². The van der Waals surface area contributed by atoms with Crippen LogP contribution in [0.5, 0.6) is 0 Å². The molecule has 0 aromatic heterocycles. The van der Waals surface area contributed by atoms with E-state index in [0.717, 1.165) is 13.8 Å². The number of rotatable bonds is 9. The third kappa shape index (κ3) is 6.21. The summed E-state index contributed by atoms with van der Waals surface area (Å²) in [6, 6.07) is 0. The van der Waals surface area contributed by atoms with Gasteiger partial charge in [0, 0.05) is 5.57 Å². The Bertz CT molecular complexity index is 728. The molecule has 0 heterocycles. The van der Waals surface area contributed by atoms with E-state index in [-0.39, 0.29) is 0 Å².